The van der Waals surface area contributed by atoms with Crippen molar-refractivity contribution in [2.24, 2.45) is 0 Å². The number of hydrogen-bond acceptors (Lipinski definition) is 6. The summed E-state index contributed by atoms with van der Waals surface area (Å²) in [5, 5.41) is 7.69. The lowest BCUT2D eigenvalue weighted by atomic mass is 10.1. The summed E-state index contributed by atoms with van der Waals surface area (Å²) in [5.41, 5.74) is 2.92. The van der Waals surface area contributed by atoms with Crippen molar-refractivity contribution in [3.63, 3.8) is 0 Å². The molecule has 0 aliphatic heterocycles. The Morgan fingerprint density at radius 2 is 1.02 bits per heavy atom. The normalized spacial score (nSPS) is 10.7. The molecule has 4 aromatic rings. The topological polar surface area (TPSA) is 64.6 Å². The van der Waals surface area contributed by atoms with E-state index in [-0.39, 0.29) is 5.82 Å². The molecule has 0 spiro atoms. The molecule has 3 aromatic carbocycles. The Labute approximate surface area is 295 Å². The summed E-state index contributed by atoms with van der Waals surface area (Å²) in [7, 11) is 3.24. The van der Waals surface area contributed by atoms with Gasteiger partial charge in [-0.1, -0.05) is 97.3 Å². The Balaban J connectivity index is 0.000000308. The van der Waals surface area contributed by atoms with E-state index in [4.69, 9.17) is 14.2 Å². The van der Waals surface area contributed by atoms with Crippen molar-refractivity contribution in [1.29, 1.82) is 0 Å². The maximum atomic E-state index is 12.7. The van der Waals surface area contributed by atoms with Gasteiger partial charge in [0, 0.05) is 42.1 Å². The zero-order valence-electron chi connectivity index (χ0n) is 30.5. The molecule has 0 saturated heterocycles. The standard InChI is InChI=1S/C26H34N2O3.C16H26FN/c1-4-5-6-7-8-9-10-16-27-20-11-13-21(14-12-20)31-24-15-17-28-23-19-26(30-3)25(29-2)18-22(23)24;1-2-3-4-5-6-7-8-9-14-18-16-12-10-15(17)11-13-16/h11-15,17-19,27H,4-10,16H2,1-3H3;10-13,18H,2-9,14H2,1H3. The molecule has 268 valence electrons. The van der Waals surface area contributed by atoms with E-state index < -0.39 is 0 Å². The molecule has 7 heteroatoms. The first-order chi connectivity index (χ1) is 24.1. The summed E-state index contributed by atoms with van der Waals surface area (Å²) in [6.45, 7) is 6.50. The Hall–Kier alpha value is -4.00. The maximum absolute atomic E-state index is 12.7. The van der Waals surface area contributed by atoms with Crippen molar-refractivity contribution in [2.45, 2.75) is 110 Å². The average molecular weight is 674 g/mol. The van der Waals surface area contributed by atoms with Crippen LogP contribution in [0.25, 0.3) is 10.9 Å². The molecular weight excluding hydrogens is 613 g/mol. The van der Waals surface area contributed by atoms with E-state index in [0.717, 1.165) is 46.9 Å². The number of fused-ring (bicyclic) bond motifs is 1. The molecule has 0 amide bonds. The highest BCUT2D eigenvalue weighted by molar-refractivity contribution is 5.88. The predicted molar refractivity (Wildman–Crippen MR) is 205 cm³/mol. The molecule has 0 atom stereocenters. The van der Waals surface area contributed by atoms with Crippen LogP contribution >= 0.6 is 0 Å². The number of aromatic nitrogens is 1. The van der Waals surface area contributed by atoms with E-state index in [1.54, 1.807) is 32.5 Å². The van der Waals surface area contributed by atoms with Gasteiger partial charge in [-0.25, -0.2) is 4.39 Å². The fraction of sp³-hybridized carbons (Fsp3) is 0.500. The van der Waals surface area contributed by atoms with E-state index in [9.17, 15) is 4.39 Å². The van der Waals surface area contributed by atoms with Gasteiger partial charge < -0.3 is 24.8 Å². The molecule has 1 heterocycles. The summed E-state index contributed by atoms with van der Waals surface area (Å²) in [5.74, 6) is 2.64. The van der Waals surface area contributed by atoms with Gasteiger partial charge in [0.05, 0.1) is 19.7 Å². The van der Waals surface area contributed by atoms with Crippen molar-refractivity contribution < 1.29 is 18.6 Å². The number of halogens is 1. The molecular formula is C42H60FN3O3. The number of ether oxygens (including phenoxy) is 3. The summed E-state index contributed by atoms with van der Waals surface area (Å²) < 4.78 is 29.6. The molecule has 0 saturated carbocycles. The third-order valence-electron chi connectivity index (χ3n) is 8.60. The maximum Gasteiger partial charge on any atom is 0.162 e. The van der Waals surface area contributed by atoms with Crippen LogP contribution in [-0.2, 0) is 0 Å². The average Bonchev–Trinajstić information content (AvgIpc) is 3.13. The first kappa shape index (κ1) is 39.4. The predicted octanol–water partition coefficient (Wildman–Crippen LogP) is 12.6. The quantitative estimate of drug-likeness (QED) is 0.0764. The lowest BCUT2D eigenvalue weighted by molar-refractivity contribution is 0.355. The minimum absolute atomic E-state index is 0.173. The molecule has 0 aliphatic rings. The minimum atomic E-state index is -0.173. The number of anilines is 2. The number of rotatable bonds is 23. The Morgan fingerprint density at radius 1 is 0.551 bits per heavy atom. The molecule has 1 aromatic heterocycles. The highest BCUT2D eigenvalue weighted by Crippen LogP contribution is 2.37. The Bertz CT molecular complexity index is 1430. The van der Waals surface area contributed by atoms with Gasteiger partial charge in [-0.2, -0.15) is 0 Å². The van der Waals surface area contributed by atoms with E-state index >= 15 is 0 Å². The third kappa shape index (κ3) is 15.4. The molecule has 4 rings (SSSR count). The largest absolute Gasteiger partial charge is 0.493 e. The van der Waals surface area contributed by atoms with Crippen LogP contribution in [0.15, 0.2) is 72.9 Å². The molecule has 0 unspecified atom stereocenters. The van der Waals surface area contributed by atoms with E-state index in [2.05, 4.69) is 41.6 Å². The Morgan fingerprint density at radius 3 is 1.53 bits per heavy atom. The van der Waals surface area contributed by atoms with Crippen molar-refractivity contribution in [1.82, 2.24) is 4.98 Å². The molecule has 0 radical (unpaired) electrons. The third-order valence-corrected chi connectivity index (χ3v) is 8.60. The van der Waals surface area contributed by atoms with Crippen LogP contribution in [-0.4, -0.2) is 32.3 Å². The molecule has 49 heavy (non-hydrogen) atoms. The number of nitrogens with zero attached hydrogens (tertiary/aromatic N) is 1. The van der Waals surface area contributed by atoms with Crippen LogP contribution in [0.5, 0.6) is 23.0 Å². The molecule has 0 aliphatic carbocycles. The smallest absolute Gasteiger partial charge is 0.162 e. The van der Waals surface area contributed by atoms with Crippen molar-refractivity contribution in [3.8, 4) is 23.0 Å². The zero-order chi connectivity index (χ0) is 34.9. The number of methoxy groups -OCH3 is 2. The lowest BCUT2D eigenvalue weighted by Gasteiger charge is -2.13. The molecule has 0 fully saturated rings. The van der Waals surface area contributed by atoms with Gasteiger partial charge in [-0.15, -0.1) is 0 Å². The van der Waals surface area contributed by atoms with Gasteiger partial charge in [0.2, 0.25) is 0 Å². The van der Waals surface area contributed by atoms with Crippen LogP contribution < -0.4 is 24.8 Å². The summed E-state index contributed by atoms with van der Waals surface area (Å²) in [4.78, 5) is 4.43. The van der Waals surface area contributed by atoms with Gasteiger partial charge in [0.15, 0.2) is 11.5 Å². The SMILES string of the molecule is CCCCCCCCCCNc1ccc(F)cc1.CCCCCCCCCNc1ccc(Oc2ccnc3cc(OC)c(OC)cc23)cc1. The van der Waals surface area contributed by atoms with Gasteiger partial charge in [0.25, 0.3) is 0 Å². The van der Waals surface area contributed by atoms with Crippen LogP contribution in [0.1, 0.15) is 110 Å². The van der Waals surface area contributed by atoms with E-state index in [1.165, 1.54) is 108 Å². The van der Waals surface area contributed by atoms with Crippen LogP contribution in [0.3, 0.4) is 0 Å². The summed E-state index contributed by atoms with van der Waals surface area (Å²) in [6.07, 6.45) is 21.7. The molecule has 6 nitrogen and oxygen atoms in total. The van der Waals surface area contributed by atoms with Gasteiger partial charge in [-0.3, -0.25) is 4.98 Å². The first-order valence-corrected chi connectivity index (χ1v) is 18.6. The van der Waals surface area contributed by atoms with Crippen molar-refractivity contribution >= 4 is 22.3 Å². The van der Waals surface area contributed by atoms with Crippen molar-refractivity contribution in [3.05, 3.63) is 78.7 Å². The highest BCUT2D eigenvalue weighted by atomic mass is 19.1. The lowest BCUT2D eigenvalue weighted by Crippen LogP contribution is -2.01. The number of unbranched alkanes of at least 4 members (excludes halogenated alkanes) is 13. The fourth-order valence-electron chi connectivity index (χ4n) is 5.68. The minimum Gasteiger partial charge on any atom is -0.493 e. The highest BCUT2D eigenvalue weighted by Gasteiger charge is 2.11. The van der Waals surface area contributed by atoms with E-state index in [0.29, 0.717) is 11.5 Å². The van der Waals surface area contributed by atoms with Gasteiger partial charge in [-0.05, 0) is 73.5 Å². The van der Waals surface area contributed by atoms with Crippen LogP contribution in [0.2, 0.25) is 0 Å². The van der Waals surface area contributed by atoms with E-state index in [1.807, 2.05) is 30.3 Å². The fourth-order valence-corrected chi connectivity index (χ4v) is 5.68. The summed E-state index contributed by atoms with van der Waals surface area (Å²) in [6, 6.07) is 20.3. The monoisotopic (exact) mass is 673 g/mol. The number of pyridine rings is 1. The number of hydrogen-bond donors (Lipinski definition) is 2. The molecule has 2 N–H and O–H groups in total. The molecule has 0 bridgehead atoms. The van der Waals surface area contributed by atoms with Crippen LogP contribution in [0.4, 0.5) is 15.8 Å². The Kier molecular flexibility index (Phi) is 19.5. The zero-order valence-corrected chi connectivity index (χ0v) is 30.5. The second-order valence-electron chi connectivity index (χ2n) is 12.6. The van der Waals surface area contributed by atoms with Crippen molar-refractivity contribution in [2.75, 3.05) is 37.9 Å². The summed E-state index contributed by atoms with van der Waals surface area (Å²) >= 11 is 0. The second-order valence-corrected chi connectivity index (χ2v) is 12.6. The first-order valence-electron chi connectivity index (χ1n) is 18.6. The number of nitrogens with one attached hydrogen (secondary N) is 2. The van der Waals surface area contributed by atoms with Gasteiger partial charge >= 0.3 is 0 Å². The van der Waals surface area contributed by atoms with Crippen LogP contribution in [0, 0.1) is 5.82 Å². The second kappa shape index (κ2) is 24.2. The van der Waals surface area contributed by atoms with Gasteiger partial charge in [0.1, 0.15) is 17.3 Å². The number of benzene rings is 3.